The van der Waals surface area contributed by atoms with Crippen LogP contribution in [0, 0.1) is 5.92 Å². The minimum atomic E-state index is -6.13. The number of hydrogen-bond acceptors (Lipinski definition) is 14. The van der Waals surface area contributed by atoms with E-state index in [4.69, 9.17) is 20.8 Å². The number of sulfone groups is 1. The summed E-state index contributed by atoms with van der Waals surface area (Å²) >= 11 is 7.70. The van der Waals surface area contributed by atoms with Crippen molar-refractivity contribution in [1.29, 1.82) is 0 Å². The first-order chi connectivity index (χ1) is 39.3. The number of halogens is 4. The number of piperidine rings is 1. The first-order valence-electron chi connectivity index (χ1n) is 28.2. The van der Waals surface area contributed by atoms with Crippen LogP contribution in [-0.2, 0) is 35.6 Å². The van der Waals surface area contributed by atoms with E-state index in [1.807, 2.05) is 98.1 Å². The standard InChI is InChI=1S/C61H80ClF3N6O9S3Si/c1-59(2,3)80-58(74)71-35-33-69(34-36-71)41-43-15-25-52(44-16-20-47(62)21-17-44)53(39-43)56(72)45-27-31-70(32-28-45)49-22-18-46(19-23-49)57(73)67-83(77,78)51-24-26-54(55(40-51)82(75,76)61(63,64)65)66-48(42-81-50-13-11-10-12-14-50)29-30-68(7)37-38-79-84(8,9)60(4,5)6/h10-26,39-40,45,48,56,66,72H,27-38,41-42H2,1-9H3,(H,67,73)/t48-,56-/m1/s1. The van der Waals surface area contributed by atoms with Gasteiger partial charge in [0.1, 0.15) is 10.5 Å². The molecule has 0 bridgehead atoms. The highest BCUT2D eigenvalue weighted by atomic mass is 35.5. The van der Waals surface area contributed by atoms with Crippen LogP contribution in [0.2, 0.25) is 23.2 Å². The number of amides is 2. The summed E-state index contributed by atoms with van der Waals surface area (Å²) in [5.41, 5.74) is -2.50. The normalized spacial score (nSPS) is 16.1. The molecule has 0 radical (unpaired) electrons. The lowest BCUT2D eigenvalue weighted by molar-refractivity contribution is -0.0436. The number of ether oxygens (including phenoxy) is 1. The lowest BCUT2D eigenvalue weighted by Crippen LogP contribution is -2.49. The van der Waals surface area contributed by atoms with E-state index < -0.39 is 72.8 Å². The third kappa shape index (κ3) is 17.7. The van der Waals surface area contributed by atoms with Crippen LogP contribution in [0.4, 0.5) is 29.3 Å². The molecule has 5 aromatic carbocycles. The average molecular weight is 1260 g/mol. The monoisotopic (exact) mass is 1260 g/mol. The Bertz CT molecular complexity index is 3260. The summed E-state index contributed by atoms with van der Waals surface area (Å²) in [6, 6.07) is 31.0. The second-order valence-corrected chi connectivity index (χ2v) is 34.1. The third-order valence-corrected chi connectivity index (χ3v) is 24.6. The van der Waals surface area contributed by atoms with E-state index in [2.05, 4.69) is 61.1 Å². The lowest BCUT2D eigenvalue weighted by atomic mass is 9.83. The molecule has 23 heteroatoms. The van der Waals surface area contributed by atoms with Gasteiger partial charge in [-0.05, 0) is 167 Å². The maximum Gasteiger partial charge on any atom is 0.501 e. The van der Waals surface area contributed by atoms with Crippen LogP contribution in [0.5, 0.6) is 0 Å². The Morgan fingerprint density at radius 2 is 1.46 bits per heavy atom. The predicted molar refractivity (Wildman–Crippen MR) is 330 cm³/mol. The first-order valence-corrected chi connectivity index (χ1v) is 35.5. The SMILES string of the molecule is CN(CCO[Si](C)(C)C(C)(C)C)CC[C@H](CSc1ccccc1)Nc1ccc(S(=O)(=O)NC(=O)c2ccc(N3CCC([C@@H](O)c4cc(CN5CCN(C(=O)OC(C)(C)C)CC5)ccc4-c4ccc(Cl)cc4)CC3)cc2)cc1S(=O)(=O)C(F)(F)F. The molecule has 84 heavy (non-hydrogen) atoms. The fourth-order valence-electron chi connectivity index (χ4n) is 9.74. The van der Waals surface area contributed by atoms with Crippen molar-refractivity contribution in [2.75, 3.05) is 82.0 Å². The molecule has 15 nitrogen and oxygen atoms in total. The van der Waals surface area contributed by atoms with E-state index in [0.29, 0.717) is 102 Å². The number of carbonyl (C=O) groups excluding carboxylic acids is 2. The number of nitrogens with one attached hydrogen (secondary N) is 2. The predicted octanol–water partition coefficient (Wildman–Crippen LogP) is 12.3. The van der Waals surface area contributed by atoms with Gasteiger partial charge in [-0.1, -0.05) is 80.9 Å². The van der Waals surface area contributed by atoms with E-state index in [0.717, 1.165) is 45.0 Å². The van der Waals surface area contributed by atoms with Crippen molar-refractivity contribution >= 4 is 74.9 Å². The highest BCUT2D eigenvalue weighted by molar-refractivity contribution is 7.99. The number of rotatable bonds is 22. The number of anilines is 2. The average Bonchev–Trinajstić information content (AvgIpc) is 2.60. The second kappa shape index (κ2) is 27.7. The molecule has 0 unspecified atom stereocenters. The number of alkyl halides is 3. The zero-order valence-electron chi connectivity index (χ0n) is 49.3. The van der Waals surface area contributed by atoms with Crippen LogP contribution in [0.3, 0.4) is 0 Å². The van der Waals surface area contributed by atoms with Crippen LogP contribution < -0.4 is 14.9 Å². The van der Waals surface area contributed by atoms with Crippen molar-refractivity contribution in [3.63, 3.8) is 0 Å². The van der Waals surface area contributed by atoms with Gasteiger partial charge >= 0.3 is 11.6 Å². The Morgan fingerprint density at radius 1 is 0.821 bits per heavy atom. The number of nitrogens with zero attached hydrogens (tertiary/aromatic N) is 4. The maximum atomic E-state index is 14.4. The van der Waals surface area contributed by atoms with E-state index in [1.54, 1.807) is 17.0 Å². The van der Waals surface area contributed by atoms with E-state index in [1.165, 1.54) is 23.9 Å². The second-order valence-electron chi connectivity index (χ2n) is 24.2. The maximum absolute atomic E-state index is 14.4. The summed E-state index contributed by atoms with van der Waals surface area (Å²) in [5, 5.41) is 15.8. The highest BCUT2D eigenvalue weighted by Gasteiger charge is 2.49. The fraction of sp³-hybridized carbons (Fsp3) is 0.475. The minimum Gasteiger partial charge on any atom is -0.444 e. The van der Waals surface area contributed by atoms with Crippen molar-refractivity contribution in [3.8, 4) is 11.1 Å². The molecule has 2 aliphatic heterocycles. The Morgan fingerprint density at radius 3 is 2.07 bits per heavy atom. The van der Waals surface area contributed by atoms with Gasteiger partial charge in [0.05, 0.1) is 16.7 Å². The number of sulfonamides is 1. The van der Waals surface area contributed by atoms with Crippen LogP contribution in [-0.4, -0.2) is 146 Å². The van der Waals surface area contributed by atoms with Crippen molar-refractivity contribution in [2.45, 2.75) is 123 Å². The summed E-state index contributed by atoms with van der Waals surface area (Å²) in [7, 11) is -11.2. The van der Waals surface area contributed by atoms with E-state index >= 15 is 0 Å². The van der Waals surface area contributed by atoms with Gasteiger partial charge in [0.25, 0.3) is 25.8 Å². The highest BCUT2D eigenvalue weighted by Crippen LogP contribution is 2.40. The van der Waals surface area contributed by atoms with Crippen LogP contribution >= 0.6 is 23.4 Å². The number of likely N-dealkylation sites (N-methyl/N-ethyl adjacent to an activating group) is 1. The number of hydrogen-bond donors (Lipinski definition) is 3. The number of piperazine rings is 1. The van der Waals surface area contributed by atoms with E-state index in [9.17, 15) is 44.7 Å². The van der Waals surface area contributed by atoms with Gasteiger partial charge in [-0.15, -0.1) is 11.8 Å². The van der Waals surface area contributed by atoms with Gasteiger partial charge in [-0.2, -0.15) is 13.2 Å². The molecule has 2 amide bonds. The number of thioether (sulfide) groups is 1. The lowest BCUT2D eigenvalue weighted by Gasteiger charge is -2.37. The number of carbonyl (C=O) groups is 2. The third-order valence-electron chi connectivity index (χ3n) is 15.7. The molecule has 2 saturated heterocycles. The summed E-state index contributed by atoms with van der Waals surface area (Å²) in [4.78, 5) is 33.2. The number of benzene rings is 5. The molecule has 2 fully saturated rings. The summed E-state index contributed by atoms with van der Waals surface area (Å²) in [6.07, 6.45) is 0.487. The molecular weight excluding hydrogens is 1180 g/mol. The quantitative estimate of drug-likeness (QED) is 0.0440. The van der Waals surface area contributed by atoms with Gasteiger partial charge in [0.15, 0.2) is 8.32 Å². The molecule has 2 atom stereocenters. The van der Waals surface area contributed by atoms with Crippen molar-refractivity contribution in [3.05, 3.63) is 137 Å². The molecule has 2 heterocycles. The minimum absolute atomic E-state index is 0.0166. The van der Waals surface area contributed by atoms with Crippen LogP contribution in [0.1, 0.15) is 88.4 Å². The van der Waals surface area contributed by atoms with Gasteiger partial charge in [-0.3, -0.25) is 9.69 Å². The fourth-order valence-corrected chi connectivity index (χ4v) is 13.9. The molecule has 458 valence electrons. The van der Waals surface area contributed by atoms with Gasteiger partial charge < -0.3 is 34.3 Å². The zero-order chi connectivity index (χ0) is 61.4. The van der Waals surface area contributed by atoms with Crippen molar-refractivity contribution < 1.29 is 53.9 Å². The molecule has 5 aromatic rings. The number of aliphatic hydroxyl groups is 1. The van der Waals surface area contributed by atoms with Crippen LogP contribution in [0.15, 0.2) is 130 Å². The topological polar surface area (TPSA) is 178 Å². The zero-order valence-corrected chi connectivity index (χ0v) is 53.5. The van der Waals surface area contributed by atoms with Crippen LogP contribution in [0.25, 0.3) is 11.1 Å². The van der Waals surface area contributed by atoms with Gasteiger partial charge in [-0.25, -0.2) is 26.4 Å². The summed E-state index contributed by atoms with van der Waals surface area (Å²) < 4.78 is 111. The van der Waals surface area contributed by atoms with Crippen molar-refractivity contribution in [1.82, 2.24) is 19.4 Å². The Balaban J connectivity index is 1.01. The molecule has 7 rings (SSSR count). The first kappa shape index (κ1) is 66.4. The molecule has 0 aromatic heterocycles. The Labute approximate surface area is 504 Å². The van der Waals surface area contributed by atoms with Gasteiger partial charge in [0, 0.05) is 91.9 Å². The Hall–Kier alpha value is -5.17. The molecule has 3 N–H and O–H groups in total. The van der Waals surface area contributed by atoms with Gasteiger partial charge in [0.2, 0.25) is 0 Å². The summed E-state index contributed by atoms with van der Waals surface area (Å²) in [6.45, 7) is 22.0. The number of aliphatic hydroxyl groups excluding tert-OH is 1. The Kier molecular flexibility index (Phi) is 21.9. The largest absolute Gasteiger partial charge is 0.501 e. The summed E-state index contributed by atoms with van der Waals surface area (Å²) in [5.74, 6) is -0.865. The molecule has 0 spiro atoms. The molecule has 0 saturated carbocycles. The molecule has 0 aliphatic carbocycles. The van der Waals surface area contributed by atoms with E-state index in [-0.39, 0.29) is 22.6 Å². The molecular formula is C61H80ClF3N6O9S3Si. The molecule has 2 aliphatic rings. The smallest absolute Gasteiger partial charge is 0.444 e. The van der Waals surface area contributed by atoms with Crippen molar-refractivity contribution in [2.24, 2.45) is 5.92 Å².